The first-order valence-corrected chi connectivity index (χ1v) is 13.0. The summed E-state index contributed by atoms with van der Waals surface area (Å²) in [6.45, 7) is 8.59. The first kappa shape index (κ1) is 23.6. The van der Waals surface area contributed by atoms with Crippen LogP contribution in [0.3, 0.4) is 0 Å². The topological polar surface area (TPSA) is 66.5 Å². The fourth-order valence-electron chi connectivity index (χ4n) is 3.61. The maximum Gasteiger partial charge on any atom is 0.243 e. The third kappa shape index (κ3) is 5.79. The summed E-state index contributed by atoms with van der Waals surface area (Å²) in [5.74, 6) is 0.866. The lowest BCUT2D eigenvalue weighted by Crippen LogP contribution is -2.41. The number of anilines is 1. The molecule has 0 saturated carbocycles. The Morgan fingerprint density at radius 2 is 1.81 bits per heavy atom. The number of rotatable bonds is 8. The van der Waals surface area contributed by atoms with Gasteiger partial charge in [0.05, 0.1) is 10.6 Å². The molecule has 0 radical (unpaired) electrons. The van der Waals surface area contributed by atoms with Crippen LogP contribution in [-0.4, -0.2) is 37.5 Å². The van der Waals surface area contributed by atoms with Crippen molar-refractivity contribution in [3.8, 4) is 0 Å². The van der Waals surface area contributed by atoms with Crippen molar-refractivity contribution in [1.29, 1.82) is 0 Å². The number of nitrogens with zero attached hydrogens (tertiary/aromatic N) is 1. The first-order chi connectivity index (χ1) is 14.8. The minimum Gasteiger partial charge on any atom is -0.325 e. The van der Waals surface area contributed by atoms with Gasteiger partial charge in [0.25, 0.3) is 0 Å². The molecule has 31 heavy (non-hydrogen) atoms. The van der Waals surface area contributed by atoms with Crippen molar-refractivity contribution in [2.75, 3.05) is 24.2 Å². The quantitative estimate of drug-likeness (QED) is 0.440. The number of benzene rings is 2. The number of para-hydroxylation sites is 1. The summed E-state index contributed by atoms with van der Waals surface area (Å²) in [5, 5.41) is 3.03. The van der Waals surface area contributed by atoms with E-state index in [1.165, 1.54) is 4.31 Å². The molecular weight excluding hydrogens is 428 g/mol. The largest absolute Gasteiger partial charge is 0.325 e. The predicted octanol–water partition coefficient (Wildman–Crippen LogP) is 5.13. The monoisotopic (exact) mass is 458 g/mol. The lowest BCUT2D eigenvalue weighted by atomic mass is 9.97. The van der Waals surface area contributed by atoms with Crippen LogP contribution in [0.25, 0.3) is 0 Å². The maximum atomic E-state index is 13.0. The molecule has 7 heteroatoms. The van der Waals surface area contributed by atoms with Crippen LogP contribution in [0, 0.1) is 5.92 Å². The van der Waals surface area contributed by atoms with E-state index in [1.54, 1.807) is 23.9 Å². The molecule has 2 aromatic carbocycles. The Hall–Kier alpha value is -2.09. The average molecular weight is 459 g/mol. The molecule has 0 spiro atoms. The molecule has 1 aliphatic rings. The number of carbonyl (C=O) groups is 1. The molecule has 0 aliphatic carbocycles. The second-order valence-corrected chi connectivity index (χ2v) is 11.0. The minimum absolute atomic E-state index is 0.0509. The van der Waals surface area contributed by atoms with Gasteiger partial charge in [-0.1, -0.05) is 44.2 Å². The van der Waals surface area contributed by atoms with E-state index in [4.69, 9.17) is 0 Å². The van der Waals surface area contributed by atoms with E-state index >= 15 is 0 Å². The Morgan fingerprint density at radius 3 is 2.42 bits per heavy atom. The zero-order chi connectivity index (χ0) is 22.4. The summed E-state index contributed by atoms with van der Waals surface area (Å²) in [5.41, 5.74) is 1.90. The molecule has 2 aromatic rings. The van der Waals surface area contributed by atoms with Gasteiger partial charge in [-0.15, -0.1) is 18.3 Å². The molecule has 1 amide bonds. The molecule has 1 N–H and O–H groups in total. The van der Waals surface area contributed by atoms with E-state index in [0.717, 1.165) is 21.9 Å². The molecule has 0 bridgehead atoms. The Labute approximate surface area is 190 Å². The van der Waals surface area contributed by atoms with Gasteiger partial charge in [0.2, 0.25) is 15.9 Å². The summed E-state index contributed by atoms with van der Waals surface area (Å²) in [4.78, 5) is 14.1. The number of nitrogens with one attached hydrogen (secondary N) is 1. The highest BCUT2D eigenvalue weighted by molar-refractivity contribution is 7.99. The van der Waals surface area contributed by atoms with Crippen molar-refractivity contribution in [3.05, 3.63) is 66.7 Å². The summed E-state index contributed by atoms with van der Waals surface area (Å²) >= 11 is 1.62. The normalized spacial score (nSPS) is 15.7. The van der Waals surface area contributed by atoms with Gasteiger partial charge in [-0.3, -0.25) is 4.79 Å². The maximum absolute atomic E-state index is 13.0. The molecule has 1 saturated heterocycles. The Morgan fingerprint density at radius 1 is 1.16 bits per heavy atom. The molecule has 5 nitrogen and oxygen atoms in total. The fraction of sp³-hybridized carbons (Fsp3) is 0.375. The highest BCUT2D eigenvalue weighted by Gasteiger charge is 2.32. The van der Waals surface area contributed by atoms with Crippen LogP contribution in [0.5, 0.6) is 0 Å². The lowest BCUT2D eigenvalue weighted by molar-refractivity contribution is -0.120. The second-order valence-electron chi connectivity index (χ2n) is 7.99. The molecular formula is C24H30N2O3S2. The van der Waals surface area contributed by atoms with Crippen LogP contribution < -0.4 is 5.32 Å². The van der Waals surface area contributed by atoms with E-state index in [1.807, 2.05) is 42.5 Å². The SMILES string of the molecule is C=CCSc1ccccc1NC(=O)C1CCN(S(=O)(=O)c2ccc(C(C)C)cc2)CC1. The van der Waals surface area contributed by atoms with E-state index in [0.29, 0.717) is 36.7 Å². The van der Waals surface area contributed by atoms with Crippen molar-refractivity contribution in [2.45, 2.75) is 42.4 Å². The number of carbonyl (C=O) groups excluding carboxylic acids is 1. The second kappa shape index (κ2) is 10.5. The minimum atomic E-state index is -3.54. The van der Waals surface area contributed by atoms with Crippen molar-refractivity contribution in [1.82, 2.24) is 4.31 Å². The van der Waals surface area contributed by atoms with Crippen LogP contribution >= 0.6 is 11.8 Å². The number of hydrogen-bond acceptors (Lipinski definition) is 4. The van der Waals surface area contributed by atoms with E-state index in [-0.39, 0.29) is 11.8 Å². The summed E-state index contributed by atoms with van der Waals surface area (Å²) < 4.78 is 27.5. The molecule has 3 rings (SSSR count). The molecule has 1 heterocycles. The Balaban J connectivity index is 1.61. The summed E-state index contributed by atoms with van der Waals surface area (Å²) in [6, 6.07) is 14.8. The van der Waals surface area contributed by atoms with Crippen LogP contribution in [0.2, 0.25) is 0 Å². The van der Waals surface area contributed by atoms with Gasteiger partial charge in [-0.05, 0) is 48.6 Å². The van der Waals surface area contributed by atoms with Gasteiger partial charge in [0, 0.05) is 29.7 Å². The Bertz CT molecular complexity index is 1010. The zero-order valence-corrected chi connectivity index (χ0v) is 19.7. The molecule has 0 atom stereocenters. The smallest absolute Gasteiger partial charge is 0.243 e. The highest BCUT2D eigenvalue weighted by atomic mass is 32.2. The van der Waals surface area contributed by atoms with Crippen LogP contribution in [-0.2, 0) is 14.8 Å². The molecule has 0 unspecified atom stereocenters. The van der Waals surface area contributed by atoms with Crippen molar-refractivity contribution >= 4 is 33.4 Å². The third-order valence-electron chi connectivity index (χ3n) is 5.51. The van der Waals surface area contributed by atoms with Gasteiger partial charge in [0.1, 0.15) is 0 Å². The lowest BCUT2D eigenvalue weighted by Gasteiger charge is -2.30. The fourth-order valence-corrected chi connectivity index (χ4v) is 5.83. The standard InChI is InChI=1S/C24H30N2O3S2/c1-4-17-30-23-8-6-5-7-22(23)25-24(27)20-13-15-26(16-14-20)31(28,29)21-11-9-19(10-12-21)18(2)3/h4-12,18,20H,1,13-17H2,2-3H3,(H,25,27). The predicted molar refractivity (Wildman–Crippen MR) is 128 cm³/mol. The van der Waals surface area contributed by atoms with E-state index < -0.39 is 10.0 Å². The average Bonchev–Trinajstić information content (AvgIpc) is 2.78. The number of sulfonamides is 1. The van der Waals surface area contributed by atoms with E-state index in [2.05, 4.69) is 25.7 Å². The van der Waals surface area contributed by atoms with Gasteiger partial charge >= 0.3 is 0 Å². The molecule has 166 valence electrons. The van der Waals surface area contributed by atoms with Crippen LogP contribution in [0.4, 0.5) is 5.69 Å². The zero-order valence-electron chi connectivity index (χ0n) is 18.1. The number of amides is 1. The van der Waals surface area contributed by atoms with Gasteiger partial charge < -0.3 is 5.32 Å². The number of piperidine rings is 1. The molecule has 0 aromatic heterocycles. The van der Waals surface area contributed by atoms with Gasteiger partial charge in [-0.25, -0.2) is 8.42 Å². The van der Waals surface area contributed by atoms with Crippen molar-refractivity contribution < 1.29 is 13.2 Å². The van der Waals surface area contributed by atoms with Crippen LogP contribution in [0.15, 0.2) is 71.0 Å². The number of thioether (sulfide) groups is 1. The highest BCUT2D eigenvalue weighted by Crippen LogP contribution is 2.29. The first-order valence-electron chi connectivity index (χ1n) is 10.6. The van der Waals surface area contributed by atoms with Crippen molar-refractivity contribution in [3.63, 3.8) is 0 Å². The summed E-state index contributed by atoms with van der Waals surface area (Å²) in [6.07, 6.45) is 2.85. The van der Waals surface area contributed by atoms with Crippen molar-refractivity contribution in [2.24, 2.45) is 5.92 Å². The van der Waals surface area contributed by atoms with Gasteiger partial charge in [-0.2, -0.15) is 4.31 Å². The van der Waals surface area contributed by atoms with Crippen LogP contribution in [0.1, 0.15) is 38.2 Å². The third-order valence-corrected chi connectivity index (χ3v) is 8.49. The van der Waals surface area contributed by atoms with E-state index in [9.17, 15) is 13.2 Å². The summed E-state index contributed by atoms with van der Waals surface area (Å²) in [7, 11) is -3.54. The Kier molecular flexibility index (Phi) is 7.97. The number of hydrogen-bond donors (Lipinski definition) is 1. The molecule has 1 fully saturated rings. The van der Waals surface area contributed by atoms with Gasteiger partial charge in [0.15, 0.2) is 0 Å². The molecule has 1 aliphatic heterocycles.